The molecular weight excluding hydrogens is 266 g/mol. The second-order valence-electron chi connectivity index (χ2n) is 5.45. The van der Waals surface area contributed by atoms with Gasteiger partial charge < -0.3 is 15.4 Å². The van der Waals surface area contributed by atoms with Crippen molar-refractivity contribution in [2.75, 3.05) is 11.9 Å². The fourth-order valence-electron chi connectivity index (χ4n) is 1.57. The lowest BCUT2D eigenvalue weighted by Crippen LogP contribution is -2.41. The molecule has 1 rings (SSSR count). The Hall–Kier alpha value is -2.48. The molecule has 0 aliphatic heterocycles. The van der Waals surface area contributed by atoms with Crippen molar-refractivity contribution < 1.29 is 9.53 Å². The molecule has 0 spiro atoms. The van der Waals surface area contributed by atoms with Crippen LogP contribution in [0.15, 0.2) is 36.0 Å². The zero-order valence-electron chi connectivity index (χ0n) is 12.9. The zero-order valence-corrected chi connectivity index (χ0v) is 12.9. The quantitative estimate of drug-likeness (QED) is 0.645. The minimum Gasteiger partial charge on any atom is -0.492 e. The molecule has 0 aliphatic carbocycles. The van der Waals surface area contributed by atoms with Crippen LogP contribution in [0.2, 0.25) is 0 Å². The van der Waals surface area contributed by atoms with E-state index < -0.39 is 11.4 Å². The van der Waals surface area contributed by atoms with Gasteiger partial charge >= 0.3 is 0 Å². The van der Waals surface area contributed by atoms with E-state index in [-0.39, 0.29) is 5.57 Å². The van der Waals surface area contributed by atoms with Gasteiger partial charge in [-0.25, -0.2) is 0 Å². The molecule has 0 aliphatic rings. The molecule has 5 nitrogen and oxygen atoms in total. The second-order valence-corrected chi connectivity index (χ2v) is 5.45. The molecule has 1 aromatic carbocycles. The average Bonchev–Trinajstić information content (AvgIpc) is 2.39. The Labute approximate surface area is 125 Å². The molecule has 112 valence electrons. The van der Waals surface area contributed by atoms with Crippen molar-refractivity contribution >= 4 is 11.6 Å². The summed E-state index contributed by atoms with van der Waals surface area (Å²) in [6, 6.07) is 9.24. The van der Waals surface area contributed by atoms with E-state index in [0.717, 1.165) is 0 Å². The molecule has 0 atom stereocenters. The molecule has 21 heavy (non-hydrogen) atoms. The molecular formula is C16H21N3O2. The van der Waals surface area contributed by atoms with Crippen LogP contribution in [0.3, 0.4) is 0 Å². The normalized spacial score (nSPS) is 11.5. The van der Waals surface area contributed by atoms with E-state index in [2.05, 4.69) is 10.6 Å². The smallest absolute Gasteiger partial charge is 0.263 e. The number of hydrogen-bond acceptors (Lipinski definition) is 4. The van der Waals surface area contributed by atoms with Crippen molar-refractivity contribution in [1.82, 2.24) is 5.32 Å². The summed E-state index contributed by atoms with van der Waals surface area (Å²) in [5, 5.41) is 14.8. The van der Waals surface area contributed by atoms with Gasteiger partial charge in [0.05, 0.1) is 12.3 Å². The summed E-state index contributed by atoms with van der Waals surface area (Å²) >= 11 is 0. The molecule has 1 aromatic rings. The van der Waals surface area contributed by atoms with Crippen LogP contribution in [0.1, 0.15) is 27.7 Å². The molecule has 0 heterocycles. The van der Waals surface area contributed by atoms with Gasteiger partial charge in [-0.3, -0.25) is 4.79 Å². The summed E-state index contributed by atoms with van der Waals surface area (Å²) in [5.74, 6) is 0.260. The number of rotatable bonds is 5. The summed E-state index contributed by atoms with van der Waals surface area (Å²) in [6.45, 7) is 8.01. The van der Waals surface area contributed by atoms with Crippen LogP contribution in [-0.2, 0) is 4.79 Å². The molecule has 0 unspecified atom stereocenters. The van der Waals surface area contributed by atoms with Crippen LogP contribution in [0, 0.1) is 11.3 Å². The van der Waals surface area contributed by atoms with Gasteiger partial charge in [-0.15, -0.1) is 0 Å². The van der Waals surface area contributed by atoms with Gasteiger partial charge in [0, 0.05) is 11.7 Å². The predicted octanol–water partition coefficient (Wildman–Crippen LogP) is 2.82. The Morgan fingerprint density at radius 1 is 1.38 bits per heavy atom. The lowest BCUT2D eigenvalue weighted by Gasteiger charge is -2.20. The van der Waals surface area contributed by atoms with Crippen LogP contribution in [0.4, 0.5) is 5.69 Å². The number of nitrogens with zero attached hydrogens (tertiary/aromatic N) is 1. The largest absolute Gasteiger partial charge is 0.492 e. The van der Waals surface area contributed by atoms with Crippen LogP contribution < -0.4 is 15.4 Å². The van der Waals surface area contributed by atoms with Crippen molar-refractivity contribution in [3.8, 4) is 11.8 Å². The minimum absolute atomic E-state index is 0.0104. The Bertz CT molecular complexity index is 566. The highest BCUT2D eigenvalue weighted by Gasteiger charge is 2.17. The summed E-state index contributed by atoms with van der Waals surface area (Å²) in [7, 11) is 0. The van der Waals surface area contributed by atoms with E-state index >= 15 is 0 Å². The van der Waals surface area contributed by atoms with E-state index in [0.29, 0.717) is 18.0 Å². The van der Waals surface area contributed by atoms with Gasteiger partial charge in [0.25, 0.3) is 5.91 Å². The summed E-state index contributed by atoms with van der Waals surface area (Å²) in [6.07, 6.45) is 1.39. The second kappa shape index (κ2) is 7.34. The number of ether oxygens (including phenoxy) is 1. The van der Waals surface area contributed by atoms with Gasteiger partial charge in [-0.2, -0.15) is 5.26 Å². The highest BCUT2D eigenvalue weighted by atomic mass is 16.5. The Balaban J connectivity index is 2.87. The molecule has 5 heteroatoms. The standard InChI is InChI=1S/C16H21N3O2/c1-5-21-14-9-7-6-8-13(14)18-11-12(10-17)15(20)19-16(2,3)4/h6-9,11,18H,5H2,1-4H3,(H,19,20)/b12-11-. The fourth-order valence-corrected chi connectivity index (χ4v) is 1.57. The van der Waals surface area contributed by atoms with Crippen molar-refractivity contribution in [2.24, 2.45) is 0 Å². The number of hydrogen-bond donors (Lipinski definition) is 2. The zero-order chi connectivity index (χ0) is 15.9. The van der Waals surface area contributed by atoms with Gasteiger partial charge in [-0.05, 0) is 39.8 Å². The van der Waals surface area contributed by atoms with Gasteiger partial charge in [0.2, 0.25) is 0 Å². The Kier molecular flexibility index (Phi) is 5.79. The molecule has 0 aromatic heterocycles. The van der Waals surface area contributed by atoms with E-state index in [1.807, 2.05) is 58.0 Å². The fraction of sp³-hybridized carbons (Fsp3) is 0.375. The van der Waals surface area contributed by atoms with E-state index in [9.17, 15) is 4.79 Å². The van der Waals surface area contributed by atoms with E-state index in [1.54, 1.807) is 0 Å². The predicted molar refractivity (Wildman–Crippen MR) is 82.8 cm³/mol. The van der Waals surface area contributed by atoms with Crippen molar-refractivity contribution in [1.29, 1.82) is 5.26 Å². The van der Waals surface area contributed by atoms with Crippen molar-refractivity contribution in [3.63, 3.8) is 0 Å². The number of benzene rings is 1. The molecule has 0 radical (unpaired) electrons. The highest BCUT2D eigenvalue weighted by Crippen LogP contribution is 2.23. The first-order chi connectivity index (χ1) is 9.87. The third-order valence-corrected chi connectivity index (χ3v) is 2.41. The van der Waals surface area contributed by atoms with E-state index in [1.165, 1.54) is 6.20 Å². The average molecular weight is 287 g/mol. The number of carbonyl (C=O) groups is 1. The van der Waals surface area contributed by atoms with Crippen LogP contribution in [0.25, 0.3) is 0 Å². The first-order valence-corrected chi connectivity index (χ1v) is 6.78. The first kappa shape index (κ1) is 16.6. The van der Waals surface area contributed by atoms with Crippen LogP contribution in [0.5, 0.6) is 5.75 Å². The topological polar surface area (TPSA) is 74.1 Å². The number of amides is 1. The number of carbonyl (C=O) groups excluding carboxylic acids is 1. The lowest BCUT2D eigenvalue weighted by molar-refractivity contribution is -0.118. The monoisotopic (exact) mass is 287 g/mol. The van der Waals surface area contributed by atoms with Crippen molar-refractivity contribution in [3.05, 3.63) is 36.0 Å². The third-order valence-electron chi connectivity index (χ3n) is 2.41. The molecule has 0 saturated heterocycles. The molecule has 1 amide bonds. The molecule has 0 fully saturated rings. The first-order valence-electron chi connectivity index (χ1n) is 6.78. The maximum absolute atomic E-state index is 11.9. The Morgan fingerprint density at radius 3 is 2.62 bits per heavy atom. The minimum atomic E-state index is -0.411. The summed E-state index contributed by atoms with van der Waals surface area (Å²) < 4.78 is 5.47. The number of anilines is 1. The lowest BCUT2D eigenvalue weighted by atomic mass is 10.1. The van der Waals surface area contributed by atoms with Gasteiger partial charge in [-0.1, -0.05) is 12.1 Å². The van der Waals surface area contributed by atoms with Crippen molar-refractivity contribution in [2.45, 2.75) is 33.2 Å². The summed E-state index contributed by atoms with van der Waals surface area (Å²) in [5.41, 5.74) is 0.322. The summed E-state index contributed by atoms with van der Waals surface area (Å²) in [4.78, 5) is 11.9. The SMILES string of the molecule is CCOc1ccccc1N/C=C(/C#N)C(=O)NC(C)(C)C. The maximum atomic E-state index is 11.9. The maximum Gasteiger partial charge on any atom is 0.263 e. The van der Waals surface area contributed by atoms with Gasteiger partial charge in [0.15, 0.2) is 0 Å². The number of para-hydroxylation sites is 2. The number of nitriles is 1. The van der Waals surface area contributed by atoms with Crippen LogP contribution in [-0.4, -0.2) is 18.1 Å². The number of nitrogens with one attached hydrogen (secondary N) is 2. The van der Waals surface area contributed by atoms with Gasteiger partial charge in [0.1, 0.15) is 17.4 Å². The van der Waals surface area contributed by atoms with Crippen LogP contribution >= 0.6 is 0 Å². The molecule has 2 N–H and O–H groups in total. The highest BCUT2D eigenvalue weighted by molar-refractivity contribution is 5.98. The third kappa shape index (κ3) is 5.57. The van der Waals surface area contributed by atoms with E-state index in [4.69, 9.17) is 10.00 Å². The molecule has 0 saturated carbocycles. The molecule has 0 bridgehead atoms. The Morgan fingerprint density at radius 2 is 2.05 bits per heavy atom.